The first-order chi connectivity index (χ1) is 11.2. The third-order valence-electron chi connectivity index (χ3n) is 3.90. The van der Waals surface area contributed by atoms with Crippen LogP contribution in [-0.2, 0) is 6.54 Å². The number of rotatable bonds is 9. The van der Waals surface area contributed by atoms with Crippen LogP contribution in [0.1, 0.15) is 25.8 Å². The molecule has 2 atom stereocenters. The van der Waals surface area contributed by atoms with Gasteiger partial charge in [0.05, 0.1) is 0 Å². The summed E-state index contributed by atoms with van der Waals surface area (Å²) in [5.41, 5.74) is 1.34. The van der Waals surface area contributed by atoms with Crippen LogP contribution in [0.4, 0.5) is 0 Å². The Labute approximate surface area is 147 Å². The first-order valence-corrected chi connectivity index (χ1v) is 10.1. The molecule has 0 spiro atoms. The molecule has 122 valence electrons. The fourth-order valence-corrected chi connectivity index (χ4v) is 5.37. The van der Waals surface area contributed by atoms with E-state index >= 15 is 0 Å². The summed E-state index contributed by atoms with van der Waals surface area (Å²) in [5, 5.41) is 3.78. The first-order valence-electron chi connectivity index (χ1n) is 8.30. The summed E-state index contributed by atoms with van der Waals surface area (Å²) in [4.78, 5) is 0.659. The van der Waals surface area contributed by atoms with Crippen molar-refractivity contribution in [2.24, 2.45) is 5.92 Å². The van der Waals surface area contributed by atoms with E-state index in [-0.39, 0.29) is 0 Å². The second-order valence-electron chi connectivity index (χ2n) is 6.14. The fraction of sp³-hybridized carbons (Fsp3) is 0.333. The molecule has 0 unspecified atom stereocenters. The summed E-state index contributed by atoms with van der Waals surface area (Å²) >= 11 is 0.465. The van der Waals surface area contributed by atoms with Crippen LogP contribution in [0, 0.1) is 5.92 Å². The Kier molecular flexibility index (Phi) is 7.61. The van der Waals surface area contributed by atoms with E-state index in [1.807, 2.05) is 0 Å². The third-order valence-corrected chi connectivity index (χ3v) is 7.45. The van der Waals surface area contributed by atoms with Crippen LogP contribution in [0.5, 0.6) is 0 Å². The van der Waals surface area contributed by atoms with Gasteiger partial charge >= 0.3 is 147 Å². The van der Waals surface area contributed by atoms with E-state index in [0.29, 0.717) is 31.7 Å². The zero-order valence-electron chi connectivity index (χ0n) is 14.1. The summed E-state index contributed by atoms with van der Waals surface area (Å²) in [6.07, 6.45) is 3.07. The van der Waals surface area contributed by atoms with Crippen LogP contribution in [0.25, 0.3) is 0 Å². The summed E-state index contributed by atoms with van der Waals surface area (Å²) in [7, 11) is 0. The molecule has 0 radical (unpaired) electrons. The first kappa shape index (κ1) is 18.0. The molecule has 0 heterocycles. The summed E-state index contributed by atoms with van der Waals surface area (Å²) in [6, 6.07) is 22.0. The van der Waals surface area contributed by atoms with E-state index in [0.717, 1.165) is 13.0 Å². The summed E-state index contributed by atoms with van der Waals surface area (Å²) in [6.45, 7) is 9.58. The van der Waals surface area contributed by atoms with Gasteiger partial charge in [-0.05, 0) is 0 Å². The van der Waals surface area contributed by atoms with Crippen molar-refractivity contribution in [3.63, 3.8) is 0 Å². The van der Waals surface area contributed by atoms with Gasteiger partial charge in [0.25, 0.3) is 0 Å². The van der Waals surface area contributed by atoms with E-state index in [2.05, 4.69) is 92.5 Å². The van der Waals surface area contributed by atoms with E-state index < -0.39 is 0 Å². The van der Waals surface area contributed by atoms with Crippen molar-refractivity contribution in [2.75, 3.05) is 0 Å². The van der Waals surface area contributed by atoms with Gasteiger partial charge in [0.2, 0.25) is 0 Å². The van der Waals surface area contributed by atoms with Crippen molar-refractivity contribution in [3.8, 4) is 0 Å². The molecular formula is C21H27NSe. The average molecular weight is 372 g/mol. The molecule has 0 saturated heterocycles. The number of hydrogen-bond donors (Lipinski definition) is 1. The minimum atomic E-state index is 0.465. The van der Waals surface area contributed by atoms with Crippen LogP contribution < -0.4 is 9.78 Å². The van der Waals surface area contributed by atoms with Gasteiger partial charge in [0.15, 0.2) is 0 Å². The molecular weight excluding hydrogens is 345 g/mol. The molecule has 2 aromatic rings. The molecule has 2 aromatic carbocycles. The second-order valence-corrected chi connectivity index (χ2v) is 8.76. The predicted molar refractivity (Wildman–Crippen MR) is 102 cm³/mol. The molecule has 1 N–H and O–H groups in total. The van der Waals surface area contributed by atoms with Gasteiger partial charge in [-0.1, -0.05) is 0 Å². The molecule has 0 aliphatic carbocycles. The van der Waals surface area contributed by atoms with E-state index in [1.165, 1.54) is 10.0 Å². The molecule has 1 nitrogen and oxygen atoms in total. The van der Waals surface area contributed by atoms with Gasteiger partial charge in [-0.2, -0.15) is 0 Å². The van der Waals surface area contributed by atoms with Gasteiger partial charge in [-0.15, -0.1) is 0 Å². The van der Waals surface area contributed by atoms with Crippen molar-refractivity contribution in [2.45, 2.75) is 37.7 Å². The van der Waals surface area contributed by atoms with Crippen molar-refractivity contribution in [1.29, 1.82) is 0 Å². The molecule has 2 heteroatoms. The van der Waals surface area contributed by atoms with Gasteiger partial charge in [0.1, 0.15) is 0 Å². The third kappa shape index (κ3) is 5.99. The van der Waals surface area contributed by atoms with Gasteiger partial charge < -0.3 is 0 Å². The maximum atomic E-state index is 3.97. The quantitative estimate of drug-likeness (QED) is 0.514. The van der Waals surface area contributed by atoms with Crippen LogP contribution in [-0.4, -0.2) is 21.0 Å². The van der Waals surface area contributed by atoms with Crippen molar-refractivity contribution in [3.05, 3.63) is 78.9 Å². The zero-order valence-corrected chi connectivity index (χ0v) is 15.8. The molecule has 0 amide bonds. The van der Waals surface area contributed by atoms with Crippen molar-refractivity contribution in [1.82, 2.24) is 5.32 Å². The monoisotopic (exact) mass is 373 g/mol. The van der Waals surface area contributed by atoms with Crippen LogP contribution in [0.15, 0.2) is 73.3 Å². The van der Waals surface area contributed by atoms with Gasteiger partial charge in [0, 0.05) is 0 Å². The Morgan fingerprint density at radius 3 is 2.17 bits per heavy atom. The topological polar surface area (TPSA) is 12.0 Å². The molecule has 2 rings (SSSR count). The Morgan fingerprint density at radius 1 is 1.00 bits per heavy atom. The number of hydrogen-bond acceptors (Lipinski definition) is 1. The fourth-order valence-electron chi connectivity index (χ4n) is 2.70. The SMILES string of the molecule is C=CC[C@H](NCc1ccccc1)[C@@H]([Se]c1ccccc1)C(C)C. The summed E-state index contributed by atoms with van der Waals surface area (Å²) < 4.78 is 1.48. The minimum absolute atomic E-state index is 0.465. The van der Waals surface area contributed by atoms with E-state index in [9.17, 15) is 0 Å². The normalized spacial score (nSPS) is 13.7. The number of nitrogens with one attached hydrogen (secondary N) is 1. The van der Waals surface area contributed by atoms with Gasteiger partial charge in [-0.3, -0.25) is 0 Å². The van der Waals surface area contributed by atoms with Crippen LogP contribution in [0.2, 0.25) is 4.82 Å². The van der Waals surface area contributed by atoms with E-state index in [1.54, 1.807) is 0 Å². The molecule has 0 aliphatic heterocycles. The Balaban J connectivity index is 2.06. The zero-order chi connectivity index (χ0) is 16.5. The molecule has 0 aromatic heterocycles. The average Bonchev–Trinajstić information content (AvgIpc) is 2.58. The van der Waals surface area contributed by atoms with Crippen LogP contribution in [0.3, 0.4) is 0 Å². The predicted octanol–water partition coefficient (Wildman–Crippen LogP) is 4.20. The standard InChI is InChI=1S/C21H27NSe/c1-4-11-20(22-16-18-12-7-5-8-13-18)21(17(2)3)23-19-14-9-6-10-15-19/h4-10,12-15,17,20-22H,1,11,16H2,2-3H3/t20-,21-/m0/s1. The second kappa shape index (κ2) is 9.72. The maximum absolute atomic E-state index is 3.97. The number of benzene rings is 2. The van der Waals surface area contributed by atoms with Crippen LogP contribution >= 0.6 is 0 Å². The molecule has 0 aliphatic rings. The Hall–Kier alpha value is -1.34. The van der Waals surface area contributed by atoms with E-state index in [4.69, 9.17) is 0 Å². The van der Waals surface area contributed by atoms with Gasteiger partial charge in [-0.25, -0.2) is 0 Å². The molecule has 0 bridgehead atoms. The molecule has 0 saturated carbocycles. The Bertz CT molecular complexity index is 565. The summed E-state index contributed by atoms with van der Waals surface area (Å²) in [5.74, 6) is 0.656. The Morgan fingerprint density at radius 2 is 1.61 bits per heavy atom. The van der Waals surface area contributed by atoms with Crippen molar-refractivity contribution >= 4 is 19.4 Å². The molecule has 0 fully saturated rings. The van der Waals surface area contributed by atoms with Crippen molar-refractivity contribution < 1.29 is 0 Å². The molecule has 23 heavy (non-hydrogen) atoms.